The van der Waals surface area contributed by atoms with E-state index in [2.05, 4.69) is 49.5 Å². The van der Waals surface area contributed by atoms with E-state index in [9.17, 15) is 0 Å². The van der Waals surface area contributed by atoms with Crippen molar-refractivity contribution >= 4 is 35.6 Å². The van der Waals surface area contributed by atoms with Crippen LogP contribution in [0.25, 0.3) is 0 Å². The standard InChI is InChI=1S/C22H38N6O2.HI/c1-23-22(24-7-11-27-9-5-8-26(2)12-13-27)25-18-6-10-28(17-18)19-14-20(29-3)16-21(15-19)30-4;/h14-16,18H,5-13,17H2,1-4H3,(H2,23,24,25);1H. The van der Waals surface area contributed by atoms with Gasteiger partial charge in [0.2, 0.25) is 0 Å². The lowest BCUT2D eigenvalue weighted by molar-refractivity contribution is 0.280. The number of nitrogens with one attached hydrogen (secondary N) is 2. The molecule has 0 saturated carbocycles. The summed E-state index contributed by atoms with van der Waals surface area (Å²) in [6, 6.07) is 6.40. The number of hydrogen-bond donors (Lipinski definition) is 2. The molecule has 0 radical (unpaired) electrons. The molecule has 1 unspecified atom stereocenters. The van der Waals surface area contributed by atoms with Crippen molar-refractivity contribution in [2.75, 3.05) is 85.6 Å². The van der Waals surface area contributed by atoms with Gasteiger partial charge >= 0.3 is 0 Å². The summed E-state index contributed by atoms with van der Waals surface area (Å²) in [4.78, 5) is 11.7. The highest BCUT2D eigenvalue weighted by molar-refractivity contribution is 14.0. The van der Waals surface area contributed by atoms with Crippen LogP contribution in [0.2, 0.25) is 0 Å². The first-order valence-corrected chi connectivity index (χ1v) is 11.0. The SMILES string of the molecule is CN=C(NCCN1CCCN(C)CC1)NC1CCN(c2cc(OC)cc(OC)c2)C1.I. The quantitative estimate of drug-likeness (QED) is 0.307. The van der Waals surface area contributed by atoms with Crippen LogP contribution in [0, 0.1) is 0 Å². The van der Waals surface area contributed by atoms with Crippen molar-refractivity contribution in [1.82, 2.24) is 20.4 Å². The summed E-state index contributed by atoms with van der Waals surface area (Å²) in [6.07, 6.45) is 2.31. The minimum Gasteiger partial charge on any atom is -0.497 e. The zero-order valence-corrected chi connectivity index (χ0v) is 21.7. The second kappa shape index (κ2) is 13.2. The summed E-state index contributed by atoms with van der Waals surface area (Å²) in [5.41, 5.74) is 1.13. The third-order valence-corrected chi connectivity index (χ3v) is 5.99. The molecular weight excluding hydrogens is 507 g/mol. The van der Waals surface area contributed by atoms with Crippen LogP contribution >= 0.6 is 24.0 Å². The topological polar surface area (TPSA) is 64.6 Å². The van der Waals surface area contributed by atoms with Crippen molar-refractivity contribution in [1.29, 1.82) is 0 Å². The number of nitrogens with zero attached hydrogens (tertiary/aromatic N) is 4. The van der Waals surface area contributed by atoms with Crippen molar-refractivity contribution in [2.24, 2.45) is 4.99 Å². The molecule has 0 aliphatic carbocycles. The van der Waals surface area contributed by atoms with E-state index >= 15 is 0 Å². The van der Waals surface area contributed by atoms with Crippen LogP contribution in [-0.4, -0.2) is 102 Å². The maximum absolute atomic E-state index is 5.42. The van der Waals surface area contributed by atoms with Gasteiger partial charge in [-0.15, -0.1) is 24.0 Å². The number of methoxy groups -OCH3 is 2. The van der Waals surface area contributed by atoms with E-state index in [1.807, 2.05) is 13.1 Å². The largest absolute Gasteiger partial charge is 0.497 e. The predicted molar refractivity (Wildman–Crippen MR) is 139 cm³/mol. The van der Waals surface area contributed by atoms with E-state index in [0.717, 1.165) is 68.8 Å². The van der Waals surface area contributed by atoms with Crippen LogP contribution in [0.1, 0.15) is 12.8 Å². The van der Waals surface area contributed by atoms with Crippen LogP contribution in [0.3, 0.4) is 0 Å². The first-order valence-electron chi connectivity index (χ1n) is 11.0. The Morgan fingerprint density at radius 3 is 2.48 bits per heavy atom. The molecule has 176 valence electrons. The van der Waals surface area contributed by atoms with Gasteiger partial charge in [0.05, 0.1) is 14.2 Å². The summed E-state index contributed by atoms with van der Waals surface area (Å²) in [6.45, 7) is 8.56. The highest BCUT2D eigenvalue weighted by Gasteiger charge is 2.24. The van der Waals surface area contributed by atoms with Crippen LogP contribution < -0.4 is 25.0 Å². The lowest BCUT2D eigenvalue weighted by Gasteiger charge is -2.23. The molecule has 1 aromatic rings. The summed E-state index contributed by atoms with van der Waals surface area (Å²) in [5.74, 6) is 2.52. The van der Waals surface area contributed by atoms with Crippen LogP contribution in [0.15, 0.2) is 23.2 Å². The van der Waals surface area contributed by atoms with Gasteiger partial charge in [0.15, 0.2) is 5.96 Å². The first kappa shape index (κ1) is 25.8. The zero-order chi connectivity index (χ0) is 21.3. The average molecular weight is 546 g/mol. The molecule has 2 aliphatic heterocycles. The van der Waals surface area contributed by atoms with Gasteiger partial charge in [0, 0.05) is 76.2 Å². The highest BCUT2D eigenvalue weighted by Crippen LogP contribution is 2.30. The molecule has 1 aromatic carbocycles. The van der Waals surface area contributed by atoms with Gasteiger partial charge < -0.3 is 34.8 Å². The lowest BCUT2D eigenvalue weighted by Crippen LogP contribution is -2.46. The molecule has 1 atom stereocenters. The number of hydrogen-bond acceptors (Lipinski definition) is 6. The number of ether oxygens (including phenoxy) is 2. The molecule has 3 rings (SSSR count). The van der Waals surface area contributed by atoms with E-state index in [4.69, 9.17) is 9.47 Å². The molecule has 0 spiro atoms. The number of anilines is 1. The second-order valence-electron chi connectivity index (χ2n) is 8.14. The molecule has 0 aromatic heterocycles. The van der Waals surface area contributed by atoms with E-state index in [1.165, 1.54) is 19.5 Å². The molecule has 31 heavy (non-hydrogen) atoms. The fraction of sp³-hybridized carbons (Fsp3) is 0.682. The van der Waals surface area contributed by atoms with Crippen LogP contribution in [0.5, 0.6) is 11.5 Å². The molecule has 2 aliphatic rings. The van der Waals surface area contributed by atoms with Crippen molar-refractivity contribution < 1.29 is 9.47 Å². The maximum atomic E-state index is 5.42. The number of rotatable bonds is 7. The third-order valence-electron chi connectivity index (χ3n) is 5.99. The van der Waals surface area contributed by atoms with Gasteiger partial charge in [0.25, 0.3) is 0 Å². The minimum absolute atomic E-state index is 0. The number of aliphatic imine (C=N–C) groups is 1. The summed E-state index contributed by atoms with van der Waals surface area (Å²) < 4.78 is 10.8. The molecule has 9 heteroatoms. The molecule has 2 heterocycles. The summed E-state index contributed by atoms with van der Waals surface area (Å²) >= 11 is 0. The Morgan fingerprint density at radius 1 is 1.06 bits per heavy atom. The van der Waals surface area contributed by atoms with E-state index in [1.54, 1.807) is 14.2 Å². The fourth-order valence-corrected chi connectivity index (χ4v) is 4.13. The molecule has 0 bridgehead atoms. The zero-order valence-electron chi connectivity index (χ0n) is 19.4. The lowest BCUT2D eigenvalue weighted by atomic mass is 10.2. The monoisotopic (exact) mass is 546 g/mol. The minimum atomic E-state index is 0. The molecule has 0 amide bonds. The van der Waals surface area contributed by atoms with E-state index in [-0.39, 0.29) is 24.0 Å². The molecule has 8 nitrogen and oxygen atoms in total. The van der Waals surface area contributed by atoms with Gasteiger partial charge in [-0.1, -0.05) is 0 Å². The van der Waals surface area contributed by atoms with Crippen molar-refractivity contribution in [3.63, 3.8) is 0 Å². The second-order valence-corrected chi connectivity index (χ2v) is 8.14. The van der Waals surface area contributed by atoms with Gasteiger partial charge in [-0.25, -0.2) is 0 Å². The molecule has 2 N–H and O–H groups in total. The van der Waals surface area contributed by atoms with Gasteiger partial charge in [-0.3, -0.25) is 4.99 Å². The Morgan fingerprint density at radius 2 is 1.81 bits per heavy atom. The number of guanidine groups is 1. The number of benzene rings is 1. The Balaban J connectivity index is 0.00000341. The third kappa shape index (κ3) is 7.87. The maximum Gasteiger partial charge on any atom is 0.191 e. The van der Waals surface area contributed by atoms with E-state index in [0.29, 0.717) is 6.04 Å². The van der Waals surface area contributed by atoms with Crippen molar-refractivity contribution in [3.05, 3.63) is 18.2 Å². The van der Waals surface area contributed by atoms with Crippen LogP contribution in [-0.2, 0) is 0 Å². The van der Waals surface area contributed by atoms with Crippen molar-refractivity contribution in [2.45, 2.75) is 18.9 Å². The normalized spacial score (nSPS) is 20.7. The van der Waals surface area contributed by atoms with Gasteiger partial charge in [-0.05, 0) is 33.0 Å². The smallest absolute Gasteiger partial charge is 0.191 e. The van der Waals surface area contributed by atoms with Gasteiger partial charge in [-0.2, -0.15) is 0 Å². The molecular formula is C22H39IN6O2. The molecule has 2 saturated heterocycles. The van der Waals surface area contributed by atoms with E-state index < -0.39 is 0 Å². The average Bonchev–Trinajstić information content (AvgIpc) is 3.14. The number of likely N-dealkylation sites (N-methyl/N-ethyl adjacent to an activating group) is 1. The first-order chi connectivity index (χ1) is 14.6. The Labute approximate surface area is 204 Å². The highest BCUT2D eigenvalue weighted by atomic mass is 127. The number of halogens is 1. The predicted octanol–water partition coefficient (Wildman–Crippen LogP) is 1.70. The summed E-state index contributed by atoms with van der Waals surface area (Å²) in [5, 5.41) is 7.08. The van der Waals surface area contributed by atoms with Crippen molar-refractivity contribution in [3.8, 4) is 11.5 Å². The fourth-order valence-electron chi connectivity index (χ4n) is 4.13. The summed E-state index contributed by atoms with van der Waals surface area (Å²) in [7, 11) is 7.43. The van der Waals surface area contributed by atoms with Crippen LogP contribution in [0.4, 0.5) is 5.69 Å². The molecule has 2 fully saturated rings. The van der Waals surface area contributed by atoms with Gasteiger partial charge in [0.1, 0.15) is 11.5 Å². The Kier molecular flexibility index (Phi) is 11.0. The Bertz CT molecular complexity index is 682. The Hall–Kier alpha value is -1.46.